The van der Waals surface area contributed by atoms with Crippen molar-refractivity contribution in [2.24, 2.45) is 28.6 Å². The van der Waals surface area contributed by atoms with Crippen LogP contribution in [0.5, 0.6) is 0 Å². The Morgan fingerprint density at radius 1 is 0.705 bits per heavy atom. The molecule has 7 fully saturated rings. The van der Waals surface area contributed by atoms with E-state index < -0.39 is 146 Å². The van der Waals surface area contributed by atoms with Gasteiger partial charge in [-0.15, -0.1) is 0 Å². The van der Waals surface area contributed by atoms with E-state index in [1.54, 1.807) is 33.3 Å². The maximum absolute atomic E-state index is 13.9. The molecular formula is C57H86O21. The van der Waals surface area contributed by atoms with Gasteiger partial charge in [0.25, 0.3) is 0 Å². The molecule has 9 rings (SSSR count). The fraction of sp³-hybridized carbons (Fsp3) is 0.825. The quantitative estimate of drug-likeness (QED) is 0.102. The standard InChI is InChI=1S/C57H86O21/c1-27(69-31(5)59)35-19-21-57(65)36-17-16-33-22-34(18-20-55(33,6)37(36)23-41(56(35,57)7)75-52(64)32-14-12-11-13-15-32)73-42-24-38(66-8)48(28(2)70-42)76-43-25-39(67-9)49(29(3)71-43)77-54-47(63)51(68-10)50(30(4)72-54)78-53-46(62)45(61)44(60)40(26-58)74-53/h11-16,27-30,34-51,53-54,58,60-63,65H,17-26H2,1-10H3/t27?,28-,29-,30-,34+,35-,36?,37?,38+,39+,40-,41-,42+,43+,44-,45-,46-,47-,48-,49-,50-,51+,53+,54+,55+,56+,57+/m1/s1. The van der Waals surface area contributed by atoms with Gasteiger partial charge in [0.2, 0.25) is 0 Å². The number of esters is 2. The molecule has 440 valence electrons. The van der Waals surface area contributed by atoms with Gasteiger partial charge in [0.05, 0.1) is 54.4 Å². The molecule has 3 unspecified atom stereocenters. The maximum Gasteiger partial charge on any atom is 0.338 e. The predicted molar refractivity (Wildman–Crippen MR) is 273 cm³/mol. The van der Waals surface area contributed by atoms with E-state index in [9.17, 15) is 40.2 Å². The molecule has 0 radical (unpaired) electrons. The van der Waals surface area contributed by atoms with Crippen LogP contribution in [-0.4, -0.2) is 205 Å². The molecule has 4 saturated heterocycles. The Hall–Kier alpha value is -2.78. The van der Waals surface area contributed by atoms with Gasteiger partial charge in [-0.1, -0.05) is 43.7 Å². The van der Waals surface area contributed by atoms with Crippen molar-refractivity contribution in [2.75, 3.05) is 27.9 Å². The van der Waals surface area contributed by atoms with Gasteiger partial charge >= 0.3 is 11.9 Å². The van der Waals surface area contributed by atoms with Crippen LogP contribution in [0.4, 0.5) is 0 Å². The first-order valence-corrected chi connectivity index (χ1v) is 28.1. The topological polar surface area (TPSA) is 276 Å². The summed E-state index contributed by atoms with van der Waals surface area (Å²) >= 11 is 0. The Kier molecular flexibility index (Phi) is 18.6. The van der Waals surface area contributed by atoms with Crippen LogP contribution in [0, 0.1) is 28.6 Å². The van der Waals surface area contributed by atoms with Gasteiger partial charge < -0.3 is 92.2 Å². The number of hydrogen-bond acceptors (Lipinski definition) is 21. The molecule has 0 amide bonds. The van der Waals surface area contributed by atoms with Gasteiger partial charge in [0, 0.05) is 52.4 Å². The van der Waals surface area contributed by atoms with E-state index in [4.69, 9.17) is 61.6 Å². The van der Waals surface area contributed by atoms with Gasteiger partial charge in [-0.2, -0.15) is 0 Å². The first-order chi connectivity index (χ1) is 37.1. The molecule has 4 heterocycles. The summed E-state index contributed by atoms with van der Waals surface area (Å²) in [5.74, 6) is -1.11. The van der Waals surface area contributed by atoms with Gasteiger partial charge in [-0.05, 0) is 102 Å². The smallest absolute Gasteiger partial charge is 0.338 e. The zero-order chi connectivity index (χ0) is 56.2. The molecule has 78 heavy (non-hydrogen) atoms. The molecule has 0 spiro atoms. The average Bonchev–Trinajstić information content (AvgIpc) is 3.95. The van der Waals surface area contributed by atoms with Crippen LogP contribution in [0.25, 0.3) is 0 Å². The number of allylic oxidation sites excluding steroid dienone is 1. The van der Waals surface area contributed by atoms with E-state index in [2.05, 4.69) is 13.0 Å². The van der Waals surface area contributed by atoms with Crippen molar-refractivity contribution in [1.82, 2.24) is 0 Å². The van der Waals surface area contributed by atoms with Crippen molar-refractivity contribution in [3.63, 3.8) is 0 Å². The van der Waals surface area contributed by atoms with E-state index in [0.29, 0.717) is 44.1 Å². The average molecular weight is 1110 g/mol. The van der Waals surface area contributed by atoms with E-state index in [1.165, 1.54) is 19.6 Å². The first kappa shape index (κ1) is 59.8. The second-order valence-corrected chi connectivity index (χ2v) is 23.7. The molecule has 21 heteroatoms. The van der Waals surface area contributed by atoms with Crippen molar-refractivity contribution in [3.05, 3.63) is 47.5 Å². The summed E-state index contributed by atoms with van der Waals surface area (Å²) in [5, 5.41) is 65.6. The highest BCUT2D eigenvalue weighted by molar-refractivity contribution is 5.89. The third kappa shape index (κ3) is 11.1. The summed E-state index contributed by atoms with van der Waals surface area (Å²) in [6.45, 7) is 12.4. The lowest BCUT2D eigenvalue weighted by atomic mass is 9.44. The molecule has 21 nitrogen and oxygen atoms in total. The predicted octanol–water partition coefficient (Wildman–Crippen LogP) is 3.23. The van der Waals surface area contributed by atoms with Crippen molar-refractivity contribution >= 4 is 11.9 Å². The maximum atomic E-state index is 13.9. The Bertz CT molecular complexity index is 2220. The van der Waals surface area contributed by atoms with E-state index >= 15 is 0 Å². The number of carbonyl (C=O) groups excluding carboxylic acids is 2. The fourth-order valence-corrected chi connectivity index (χ4v) is 15.2. The van der Waals surface area contributed by atoms with Crippen LogP contribution < -0.4 is 0 Å². The summed E-state index contributed by atoms with van der Waals surface area (Å²) in [4.78, 5) is 26.1. The van der Waals surface area contributed by atoms with Crippen molar-refractivity contribution in [1.29, 1.82) is 0 Å². The minimum Gasteiger partial charge on any atom is -0.463 e. The third-order valence-corrected chi connectivity index (χ3v) is 19.5. The van der Waals surface area contributed by atoms with E-state index in [0.717, 1.165) is 12.8 Å². The normalized spacial score (nSPS) is 47.9. The fourth-order valence-electron chi connectivity index (χ4n) is 15.2. The highest BCUT2D eigenvalue weighted by Gasteiger charge is 2.72. The monoisotopic (exact) mass is 1110 g/mol. The van der Waals surface area contributed by atoms with Crippen LogP contribution in [-0.2, 0) is 66.4 Å². The number of carbonyl (C=O) groups is 2. The molecule has 0 aromatic heterocycles. The largest absolute Gasteiger partial charge is 0.463 e. The van der Waals surface area contributed by atoms with Gasteiger partial charge in [-0.25, -0.2) is 4.79 Å². The molecule has 3 saturated carbocycles. The Morgan fingerprint density at radius 2 is 1.32 bits per heavy atom. The second kappa shape index (κ2) is 24.2. The number of hydrogen-bond donors (Lipinski definition) is 6. The van der Waals surface area contributed by atoms with Crippen LogP contribution in [0.3, 0.4) is 0 Å². The highest BCUT2D eigenvalue weighted by Crippen LogP contribution is 2.69. The number of fused-ring (bicyclic) bond motifs is 5. The summed E-state index contributed by atoms with van der Waals surface area (Å²) < 4.78 is 80.6. The lowest BCUT2D eigenvalue weighted by Gasteiger charge is -2.63. The SMILES string of the molecule is CO[C@H]1[C@@H](O)[C@H](O[C@H]2[C@@H](OC)C[C@H](O[C@H]3[C@@H](OC)C[C@H](O[C@H]4CC[C@@]5(C)C(=CCC6C5C[C@@H](OC(=O)c5ccccc5)[C@]5(C)[C@@H](C(C)OC(C)=O)CC[C@]65O)C4)O[C@@H]3C)O[C@@H]2C)O[C@H](C)[C@H]1O[C@@H]1O[C@H](CO)[C@@H](O)[C@@H](O)[C@H]1O. The van der Waals surface area contributed by atoms with Gasteiger partial charge in [0.15, 0.2) is 25.2 Å². The number of benzene rings is 1. The molecule has 27 atom stereocenters. The van der Waals surface area contributed by atoms with Crippen LogP contribution in [0.15, 0.2) is 42.0 Å². The van der Waals surface area contributed by atoms with E-state index in [1.807, 2.05) is 45.9 Å². The van der Waals surface area contributed by atoms with Crippen molar-refractivity contribution in [2.45, 2.75) is 241 Å². The van der Waals surface area contributed by atoms with Crippen LogP contribution in [0.2, 0.25) is 0 Å². The third-order valence-electron chi connectivity index (χ3n) is 19.5. The van der Waals surface area contributed by atoms with Crippen LogP contribution >= 0.6 is 0 Å². The molecule has 8 aliphatic rings. The number of methoxy groups -OCH3 is 3. The van der Waals surface area contributed by atoms with Gasteiger partial charge in [-0.3, -0.25) is 4.79 Å². The Balaban J connectivity index is 0.809. The minimum atomic E-state index is -1.67. The minimum absolute atomic E-state index is 0.0153. The molecular weight excluding hydrogens is 1020 g/mol. The summed E-state index contributed by atoms with van der Waals surface area (Å²) in [5.41, 5.74) is -0.617. The van der Waals surface area contributed by atoms with E-state index in [-0.39, 0.29) is 41.7 Å². The molecule has 1 aromatic carbocycles. The lowest BCUT2D eigenvalue weighted by molar-refractivity contribution is -0.373. The first-order valence-electron chi connectivity index (χ1n) is 28.1. The Morgan fingerprint density at radius 3 is 1.95 bits per heavy atom. The molecule has 1 aromatic rings. The Labute approximate surface area is 457 Å². The number of rotatable bonds is 16. The molecule has 0 bridgehead atoms. The molecule has 6 N–H and O–H groups in total. The molecule has 4 aliphatic carbocycles. The zero-order valence-corrected chi connectivity index (χ0v) is 46.7. The number of aliphatic hydroxyl groups is 6. The number of aliphatic hydroxyl groups excluding tert-OH is 5. The second-order valence-electron chi connectivity index (χ2n) is 23.7. The number of ether oxygens (including phenoxy) is 13. The summed E-state index contributed by atoms with van der Waals surface area (Å²) in [6.07, 6.45) is -11.5. The van der Waals surface area contributed by atoms with Crippen molar-refractivity contribution < 1.29 is 102 Å². The van der Waals surface area contributed by atoms with Crippen LogP contribution in [0.1, 0.15) is 117 Å². The summed E-state index contributed by atoms with van der Waals surface area (Å²) in [7, 11) is 4.56. The van der Waals surface area contributed by atoms with Gasteiger partial charge in [0.1, 0.15) is 67.1 Å². The van der Waals surface area contributed by atoms with Crippen molar-refractivity contribution in [3.8, 4) is 0 Å². The molecule has 4 aliphatic heterocycles. The summed E-state index contributed by atoms with van der Waals surface area (Å²) in [6, 6.07) is 8.95. The lowest BCUT2D eigenvalue weighted by Crippen LogP contribution is -2.67. The zero-order valence-electron chi connectivity index (χ0n) is 46.7. The highest BCUT2D eigenvalue weighted by atomic mass is 16.8.